The molecular weight excluding hydrogens is 527 g/mol. The lowest BCUT2D eigenvalue weighted by Crippen LogP contribution is -2.50. The minimum Gasteiger partial charge on any atom is -0.487 e. The Labute approximate surface area is 238 Å². The average molecular weight is 563 g/mol. The zero-order valence-corrected chi connectivity index (χ0v) is 23.3. The Morgan fingerprint density at radius 2 is 1.76 bits per heavy atom. The van der Waals surface area contributed by atoms with Crippen molar-refractivity contribution >= 4 is 29.2 Å². The van der Waals surface area contributed by atoms with E-state index in [1.807, 2.05) is 37.3 Å². The Hall–Kier alpha value is -4.44. The van der Waals surface area contributed by atoms with E-state index in [1.165, 1.54) is 29.2 Å². The maximum atomic E-state index is 13.6. The fourth-order valence-electron chi connectivity index (χ4n) is 4.61. The van der Waals surface area contributed by atoms with Crippen LogP contribution >= 0.6 is 0 Å². The lowest BCUT2D eigenvalue weighted by Gasteiger charge is -2.38. The molecule has 0 bridgehead atoms. The normalized spacial score (nSPS) is 17.4. The first-order chi connectivity index (χ1) is 19.6. The van der Waals surface area contributed by atoms with Crippen LogP contribution in [0.15, 0.2) is 72.8 Å². The Morgan fingerprint density at radius 1 is 1.07 bits per heavy atom. The molecular formula is C31H35FN4O5. The fraction of sp³-hybridized carbons (Fsp3) is 0.323. The Kier molecular flexibility index (Phi) is 9.57. The Balaban J connectivity index is 1.54. The number of nitrogens with zero attached hydrogens (tertiary/aromatic N) is 2. The first-order valence-electron chi connectivity index (χ1n) is 13.5. The second kappa shape index (κ2) is 13.3. The molecule has 3 aromatic carbocycles. The van der Waals surface area contributed by atoms with Crippen molar-refractivity contribution in [3.63, 3.8) is 0 Å². The van der Waals surface area contributed by atoms with E-state index in [1.54, 1.807) is 37.1 Å². The van der Waals surface area contributed by atoms with Crippen LogP contribution < -0.4 is 15.4 Å². The summed E-state index contributed by atoms with van der Waals surface area (Å²) in [7, 11) is 1.62. The second-order valence-corrected chi connectivity index (χ2v) is 10.4. The third kappa shape index (κ3) is 7.61. The molecule has 4 amide bonds. The van der Waals surface area contributed by atoms with Crippen LogP contribution in [0, 0.1) is 11.7 Å². The van der Waals surface area contributed by atoms with Crippen LogP contribution in [-0.4, -0.2) is 71.6 Å². The second-order valence-electron chi connectivity index (χ2n) is 10.4. The highest BCUT2D eigenvalue weighted by atomic mass is 19.1. The smallest absolute Gasteiger partial charge is 0.321 e. The topological polar surface area (TPSA) is 111 Å². The Bertz CT molecular complexity index is 1370. The van der Waals surface area contributed by atoms with Gasteiger partial charge in [0.25, 0.3) is 5.91 Å². The van der Waals surface area contributed by atoms with Gasteiger partial charge in [0.2, 0.25) is 5.91 Å². The first-order valence-corrected chi connectivity index (χ1v) is 13.5. The molecule has 0 fully saturated rings. The van der Waals surface area contributed by atoms with Gasteiger partial charge < -0.3 is 30.3 Å². The van der Waals surface area contributed by atoms with Gasteiger partial charge in [-0.05, 0) is 55.0 Å². The predicted octanol–water partition coefficient (Wildman–Crippen LogP) is 4.39. The van der Waals surface area contributed by atoms with Gasteiger partial charge in [0, 0.05) is 30.9 Å². The average Bonchev–Trinajstić information content (AvgIpc) is 2.96. The molecule has 0 aliphatic carbocycles. The number of fused-ring (bicyclic) bond motifs is 1. The summed E-state index contributed by atoms with van der Waals surface area (Å²) in [6.45, 7) is 3.92. The number of likely N-dealkylation sites (N-methyl/N-ethyl adjacent to an activating group) is 1. The van der Waals surface area contributed by atoms with Crippen molar-refractivity contribution in [2.24, 2.45) is 5.92 Å². The lowest BCUT2D eigenvalue weighted by atomic mass is 9.99. The molecule has 1 aliphatic rings. The minimum absolute atomic E-state index is 0.182. The molecule has 10 heteroatoms. The zero-order chi connectivity index (χ0) is 29.5. The van der Waals surface area contributed by atoms with E-state index < -0.39 is 24.0 Å². The molecule has 3 atom stereocenters. The number of halogens is 1. The summed E-state index contributed by atoms with van der Waals surface area (Å²) >= 11 is 0. The fourth-order valence-corrected chi connectivity index (χ4v) is 4.61. The highest BCUT2D eigenvalue weighted by Gasteiger charge is 2.34. The van der Waals surface area contributed by atoms with E-state index in [2.05, 4.69) is 10.6 Å². The van der Waals surface area contributed by atoms with Crippen LogP contribution in [0.2, 0.25) is 0 Å². The number of amides is 4. The van der Waals surface area contributed by atoms with Gasteiger partial charge in [-0.15, -0.1) is 0 Å². The molecule has 0 radical (unpaired) electrons. The summed E-state index contributed by atoms with van der Waals surface area (Å²) in [6, 6.07) is 18.8. The molecule has 1 aliphatic heterocycles. The van der Waals surface area contributed by atoms with E-state index >= 15 is 0 Å². The number of hydrogen-bond donors (Lipinski definition) is 3. The summed E-state index contributed by atoms with van der Waals surface area (Å²) in [5.41, 5.74) is 2.01. The number of carbonyl (C=O) groups is 3. The summed E-state index contributed by atoms with van der Waals surface area (Å²) in [5, 5.41) is 15.5. The lowest BCUT2D eigenvalue weighted by molar-refractivity contribution is -0.115. The summed E-state index contributed by atoms with van der Waals surface area (Å²) < 4.78 is 19.6. The van der Waals surface area contributed by atoms with E-state index in [0.29, 0.717) is 17.1 Å². The highest BCUT2D eigenvalue weighted by molar-refractivity contribution is 6.00. The molecule has 3 N–H and O–H groups in total. The van der Waals surface area contributed by atoms with Crippen molar-refractivity contribution in [3.8, 4) is 5.75 Å². The van der Waals surface area contributed by atoms with E-state index in [-0.39, 0.29) is 49.4 Å². The quantitative estimate of drug-likeness (QED) is 0.377. The molecule has 0 aromatic heterocycles. The monoisotopic (exact) mass is 562 g/mol. The van der Waals surface area contributed by atoms with Crippen molar-refractivity contribution in [1.82, 2.24) is 9.80 Å². The molecule has 0 saturated heterocycles. The van der Waals surface area contributed by atoms with Gasteiger partial charge in [-0.2, -0.15) is 0 Å². The number of anilines is 2. The largest absolute Gasteiger partial charge is 0.487 e. The summed E-state index contributed by atoms with van der Waals surface area (Å²) in [4.78, 5) is 42.2. The molecule has 216 valence electrons. The number of aliphatic hydroxyl groups excluding tert-OH is 1. The van der Waals surface area contributed by atoms with E-state index in [9.17, 15) is 23.9 Å². The number of hydrogen-bond acceptors (Lipinski definition) is 5. The van der Waals surface area contributed by atoms with Crippen LogP contribution in [0.1, 0.15) is 29.8 Å². The van der Waals surface area contributed by atoms with Gasteiger partial charge in [0.15, 0.2) is 0 Å². The van der Waals surface area contributed by atoms with Gasteiger partial charge in [-0.25, -0.2) is 9.18 Å². The predicted molar refractivity (Wildman–Crippen MR) is 154 cm³/mol. The summed E-state index contributed by atoms with van der Waals surface area (Å²) in [6.07, 6.45) is -0.320. The molecule has 4 rings (SSSR count). The van der Waals surface area contributed by atoms with Gasteiger partial charge in [-0.1, -0.05) is 37.3 Å². The third-order valence-electron chi connectivity index (χ3n) is 7.05. The molecule has 3 aromatic rings. The van der Waals surface area contributed by atoms with Crippen molar-refractivity contribution < 1.29 is 28.6 Å². The zero-order valence-electron chi connectivity index (χ0n) is 23.3. The van der Waals surface area contributed by atoms with Crippen LogP contribution in [-0.2, 0) is 11.2 Å². The van der Waals surface area contributed by atoms with E-state index in [4.69, 9.17) is 4.74 Å². The number of aliphatic hydroxyl groups is 1. The Morgan fingerprint density at radius 3 is 2.44 bits per heavy atom. The number of carbonyl (C=O) groups excluding carboxylic acids is 3. The molecule has 1 heterocycles. The van der Waals surface area contributed by atoms with E-state index in [0.717, 1.165) is 5.56 Å². The van der Waals surface area contributed by atoms with Crippen LogP contribution in [0.5, 0.6) is 5.75 Å². The van der Waals surface area contributed by atoms with Crippen molar-refractivity contribution in [2.75, 3.05) is 37.4 Å². The summed E-state index contributed by atoms with van der Waals surface area (Å²) in [5.74, 6) is -0.839. The number of nitrogens with one attached hydrogen (secondary N) is 2. The van der Waals surface area contributed by atoms with Gasteiger partial charge in [0.05, 0.1) is 31.2 Å². The maximum Gasteiger partial charge on any atom is 0.321 e. The minimum atomic E-state index is -0.502. The first kappa shape index (κ1) is 29.5. The molecule has 0 spiro atoms. The van der Waals surface area contributed by atoms with Crippen LogP contribution in [0.3, 0.4) is 0 Å². The standard InChI is InChI=1S/C31H35FN4O5/c1-20-17-36(21(2)19-37)30(39)26-16-25(33-29(38)15-22-7-5-4-6-8-22)13-14-27(26)41-28(20)18-35(3)31(40)34-24-11-9-23(32)10-12-24/h4-14,16,20-21,28,37H,15,17-19H2,1-3H3,(H,33,38)(H,34,40)/t20-,21-,28+/m0/s1. The van der Waals surface area contributed by atoms with Gasteiger partial charge in [-0.3, -0.25) is 9.59 Å². The molecule has 9 nitrogen and oxygen atoms in total. The number of rotatable bonds is 8. The van der Waals surface area contributed by atoms with Gasteiger partial charge in [0.1, 0.15) is 17.7 Å². The van der Waals surface area contributed by atoms with Gasteiger partial charge >= 0.3 is 6.03 Å². The molecule has 0 saturated carbocycles. The molecule has 41 heavy (non-hydrogen) atoms. The van der Waals surface area contributed by atoms with Crippen LogP contribution in [0.25, 0.3) is 0 Å². The van der Waals surface area contributed by atoms with Crippen molar-refractivity contribution in [1.29, 1.82) is 0 Å². The maximum absolute atomic E-state index is 13.6. The number of urea groups is 1. The third-order valence-corrected chi connectivity index (χ3v) is 7.05. The highest BCUT2D eigenvalue weighted by Crippen LogP contribution is 2.31. The number of ether oxygens (including phenoxy) is 1. The number of benzene rings is 3. The SMILES string of the molecule is C[C@H]1CN([C@@H](C)CO)C(=O)c2cc(NC(=O)Cc3ccccc3)ccc2O[C@@H]1CN(C)C(=O)Nc1ccc(F)cc1. The van der Waals surface area contributed by atoms with Crippen molar-refractivity contribution in [3.05, 3.63) is 89.7 Å². The van der Waals surface area contributed by atoms with Crippen molar-refractivity contribution in [2.45, 2.75) is 32.4 Å². The molecule has 0 unspecified atom stereocenters. The van der Waals surface area contributed by atoms with Crippen LogP contribution in [0.4, 0.5) is 20.6 Å².